The van der Waals surface area contributed by atoms with Gasteiger partial charge in [-0.15, -0.1) is 0 Å². The Morgan fingerprint density at radius 1 is 1.55 bits per heavy atom. The maximum Gasteiger partial charge on any atom is 0.322 e. The molecule has 1 aliphatic rings. The minimum absolute atomic E-state index is 0.131. The molecule has 1 aromatic heterocycles. The number of carbonyl (C=O) groups excluding carboxylic acids is 1. The summed E-state index contributed by atoms with van der Waals surface area (Å²) in [7, 11) is 1.83. The predicted molar refractivity (Wildman–Crippen MR) is 82.2 cm³/mol. The fourth-order valence-corrected chi connectivity index (χ4v) is 2.44. The molecule has 1 N–H and O–H groups in total. The molecule has 0 aliphatic heterocycles. The molecule has 1 aromatic carbocycles. The van der Waals surface area contributed by atoms with Crippen molar-refractivity contribution in [3.8, 4) is 0 Å². The molecule has 1 saturated carbocycles. The van der Waals surface area contributed by atoms with E-state index in [0.29, 0.717) is 11.6 Å². The van der Waals surface area contributed by atoms with Crippen molar-refractivity contribution in [1.29, 1.82) is 0 Å². The zero-order valence-corrected chi connectivity index (χ0v) is 12.8. The topological polar surface area (TPSA) is 50.2 Å². The number of halogens is 2. The van der Waals surface area contributed by atoms with Crippen LogP contribution in [0.25, 0.3) is 0 Å². The van der Waals surface area contributed by atoms with E-state index in [1.165, 1.54) is 12.1 Å². The number of amides is 2. The number of urea groups is 1. The Morgan fingerprint density at radius 3 is 2.91 bits per heavy atom. The molecule has 116 valence electrons. The molecule has 2 amide bonds. The van der Waals surface area contributed by atoms with Gasteiger partial charge >= 0.3 is 6.03 Å². The number of anilines is 1. The van der Waals surface area contributed by atoms with E-state index in [9.17, 15) is 9.18 Å². The van der Waals surface area contributed by atoms with Crippen LogP contribution in [-0.2, 0) is 13.6 Å². The summed E-state index contributed by atoms with van der Waals surface area (Å²) in [5.41, 5.74) is 1.08. The van der Waals surface area contributed by atoms with Crippen LogP contribution in [0.2, 0.25) is 5.02 Å². The Hall–Kier alpha value is -2.08. The van der Waals surface area contributed by atoms with Gasteiger partial charge in [0.25, 0.3) is 0 Å². The van der Waals surface area contributed by atoms with Crippen LogP contribution in [0.3, 0.4) is 0 Å². The smallest absolute Gasteiger partial charge is 0.317 e. The van der Waals surface area contributed by atoms with Crippen molar-refractivity contribution in [2.24, 2.45) is 7.05 Å². The first-order chi connectivity index (χ1) is 10.5. The van der Waals surface area contributed by atoms with E-state index in [1.54, 1.807) is 21.8 Å². The Morgan fingerprint density at radius 2 is 2.32 bits per heavy atom. The van der Waals surface area contributed by atoms with Crippen LogP contribution in [0.1, 0.15) is 18.4 Å². The van der Waals surface area contributed by atoms with Crippen LogP contribution < -0.4 is 5.32 Å². The largest absolute Gasteiger partial charge is 0.322 e. The first-order valence-electron chi connectivity index (χ1n) is 7.03. The van der Waals surface area contributed by atoms with Gasteiger partial charge in [0.05, 0.1) is 18.4 Å². The molecule has 0 bridgehead atoms. The van der Waals surface area contributed by atoms with Gasteiger partial charge in [0.1, 0.15) is 5.82 Å². The highest BCUT2D eigenvalue weighted by molar-refractivity contribution is 6.30. The number of carbonyl (C=O) groups is 1. The Balaban J connectivity index is 1.72. The SMILES string of the molecule is Cn1cc(CN(C(=O)Nc2ccc(Cl)cc2F)C2CC2)cn1. The molecule has 22 heavy (non-hydrogen) atoms. The van der Waals surface area contributed by atoms with Crippen molar-refractivity contribution in [2.75, 3.05) is 5.32 Å². The average molecular weight is 323 g/mol. The predicted octanol–water partition coefficient (Wildman–Crippen LogP) is 3.41. The van der Waals surface area contributed by atoms with E-state index >= 15 is 0 Å². The summed E-state index contributed by atoms with van der Waals surface area (Å²) < 4.78 is 15.5. The molecule has 0 saturated heterocycles. The molecule has 2 aromatic rings. The van der Waals surface area contributed by atoms with Crippen LogP contribution in [0.15, 0.2) is 30.6 Å². The lowest BCUT2D eigenvalue weighted by atomic mass is 10.3. The summed E-state index contributed by atoms with van der Waals surface area (Å²) in [6, 6.07) is 4.08. The van der Waals surface area contributed by atoms with E-state index < -0.39 is 5.82 Å². The monoisotopic (exact) mass is 322 g/mol. The van der Waals surface area contributed by atoms with Gasteiger partial charge < -0.3 is 10.2 Å². The lowest BCUT2D eigenvalue weighted by molar-refractivity contribution is 0.206. The van der Waals surface area contributed by atoms with Gasteiger partial charge in [0.15, 0.2) is 0 Å². The molecular formula is C15H16ClFN4O. The van der Waals surface area contributed by atoms with E-state index in [0.717, 1.165) is 18.4 Å². The standard InChI is InChI=1S/C15H16ClFN4O/c1-20-8-10(7-18-20)9-21(12-3-4-12)15(22)19-14-5-2-11(16)6-13(14)17/h2,5-8,12H,3-4,9H2,1H3,(H,19,22). The van der Waals surface area contributed by atoms with Gasteiger partial charge in [-0.3, -0.25) is 4.68 Å². The fourth-order valence-electron chi connectivity index (χ4n) is 2.28. The number of aromatic nitrogens is 2. The van der Waals surface area contributed by atoms with Crippen molar-refractivity contribution in [2.45, 2.75) is 25.4 Å². The molecule has 1 fully saturated rings. The van der Waals surface area contributed by atoms with Gasteiger partial charge in [-0.25, -0.2) is 9.18 Å². The van der Waals surface area contributed by atoms with Crippen molar-refractivity contribution >= 4 is 23.3 Å². The Bertz CT molecular complexity index is 699. The molecule has 3 rings (SSSR count). The third kappa shape index (κ3) is 3.39. The second kappa shape index (κ2) is 5.96. The molecule has 0 radical (unpaired) electrons. The highest BCUT2D eigenvalue weighted by Crippen LogP contribution is 2.29. The van der Waals surface area contributed by atoms with E-state index in [4.69, 9.17) is 11.6 Å². The molecule has 0 atom stereocenters. The van der Waals surface area contributed by atoms with Gasteiger partial charge in [-0.1, -0.05) is 11.6 Å². The summed E-state index contributed by atoms with van der Waals surface area (Å²) in [6.07, 6.45) is 5.53. The minimum Gasteiger partial charge on any atom is -0.317 e. The highest BCUT2D eigenvalue weighted by Gasteiger charge is 2.33. The quantitative estimate of drug-likeness (QED) is 0.937. The second-order valence-corrected chi connectivity index (χ2v) is 5.87. The van der Waals surface area contributed by atoms with Crippen LogP contribution in [0, 0.1) is 5.82 Å². The zero-order chi connectivity index (χ0) is 15.7. The number of aryl methyl sites for hydroxylation is 1. The lowest BCUT2D eigenvalue weighted by Gasteiger charge is -2.22. The molecule has 0 unspecified atom stereocenters. The van der Waals surface area contributed by atoms with Gasteiger partial charge in [-0.2, -0.15) is 5.10 Å². The van der Waals surface area contributed by atoms with E-state index in [1.807, 2.05) is 13.2 Å². The third-order valence-electron chi connectivity index (χ3n) is 3.53. The zero-order valence-electron chi connectivity index (χ0n) is 12.1. The maximum atomic E-state index is 13.8. The number of hydrogen-bond donors (Lipinski definition) is 1. The van der Waals surface area contributed by atoms with Crippen molar-refractivity contribution in [1.82, 2.24) is 14.7 Å². The number of benzene rings is 1. The van der Waals surface area contributed by atoms with Crippen molar-refractivity contribution in [3.63, 3.8) is 0 Å². The van der Waals surface area contributed by atoms with Crippen LogP contribution in [0.4, 0.5) is 14.9 Å². The summed E-state index contributed by atoms with van der Waals surface area (Å²) in [6.45, 7) is 0.458. The lowest BCUT2D eigenvalue weighted by Crippen LogP contribution is -2.36. The van der Waals surface area contributed by atoms with Gasteiger partial charge in [0, 0.05) is 29.9 Å². The number of rotatable bonds is 4. The number of nitrogens with one attached hydrogen (secondary N) is 1. The van der Waals surface area contributed by atoms with Crippen molar-refractivity contribution in [3.05, 3.63) is 47.0 Å². The van der Waals surface area contributed by atoms with Gasteiger partial charge in [-0.05, 0) is 31.0 Å². The maximum absolute atomic E-state index is 13.8. The first-order valence-corrected chi connectivity index (χ1v) is 7.41. The Kier molecular flexibility index (Phi) is 4.02. The number of hydrogen-bond acceptors (Lipinski definition) is 2. The summed E-state index contributed by atoms with van der Waals surface area (Å²) >= 11 is 5.71. The van der Waals surface area contributed by atoms with Crippen LogP contribution >= 0.6 is 11.6 Å². The number of nitrogens with zero attached hydrogens (tertiary/aromatic N) is 3. The van der Waals surface area contributed by atoms with E-state index in [-0.39, 0.29) is 17.8 Å². The average Bonchev–Trinajstić information content (AvgIpc) is 3.22. The van der Waals surface area contributed by atoms with Crippen LogP contribution in [0.5, 0.6) is 0 Å². The normalized spacial score (nSPS) is 14.0. The molecule has 0 spiro atoms. The third-order valence-corrected chi connectivity index (χ3v) is 3.77. The van der Waals surface area contributed by atoms with Crippen LogP contribution in [-0.4, -0.2) is 26.8 Å². The Labute approximate surface area is 132 Å². The molecule has 1 heterocycles. The van der Waals surface area contributed by atoms with Crippen molar-refractivity contribution < 1.29 is 9.18 Å². The molecule has 1 aliphatic carbocycles. The van der Waals surface area contributed by atoms with Gasteiger partial charge in [0.2, 0.25) is 0 Å². The summed E-state index contributed by atoms with van der Waals surface area (Å²) in [4.78, 5) is 14.1. The minimum atomic E-state index is -0.544. The molecule has 7 heteroatoms. The summed E-state index contributed by atoms with van der Waals surface area (Å²) in [5, 5.41) is 7.01. The molecule has 5 nitrogen and oxygen atoms in total. The first kappa shape index (κ1) is 14.8. The fraction of sp³-hybridized carbons (Fsp3) is 0.333. The highest BCUT2D eigenvalue weighted by atomic mass is 35.5. The van der Waals surface area contributed by atoms with E-state index in [2.05, 4.69) is 10.4 Å². The second-order valence-electron chi connectivity index (χ2n) is 5.44. The summed E-state index contributed by atoms with van der Waals surface area (Å²) in [5.74, 6) is -0.544. The molecular weight excluding hydrogens is 307 g/mol.